The van der Waals surface area contributed by atoms with Gasteiger partial charge in [-0.25, -0.2) is 4.98 Å². The molecule has 2 aliphatic heterocycles. The minimum absolute atomic E-state index is 0.216. The Hall–Kier alpha value is -1.62. The molecule has 1 N–H and O–H groups in total. The van der Waals surface area contributed by atoms with Crippen molar-refractivity contribution in [2.24, 2.45) is 11.3 Å². The number of ether oxygens (including phenoxy) is 1. The van der Waals surface area contributed by atoms with Gasteiger partial charge < -0.3 is 15.0 Å². The first kappa shape index (κ1) is 13.1. The molecular formula is C16H21N3O2. The maximum absolute atomic E-state index is 12.8. The fourth-order valence-corrected chi connectivity index (χ4v) is 3.89. The number of rotatable bonds is 4. The van der Waals surface area contributed by atoms with Crippen molar-refractivity contribution in [2.45, 2.75) is 25.3 Å². The fraction of sp³-hybridized carbons (Fsp3) is 0.625. The molecule has 1 aliphatic carbocycles. The van der Waals surface area contributed by atoms with Gasteiger partial charge in [0.05, 0.1) is 12.5 Å². The molecule has 1 aromatic rings. The van der Waals surface area contributed by atoms with Crippen LogP contribution < -0.4 is 15.0 Å². The van der Waals surface area contributed by atoms with E-state index < -0.39 is 0 Å². The Labute approximate surface area is 124 Å². The average molecular weight is 287 g/mol. The predicted octanol–water partition coefficient (Wildman–Crippen LogP) is 1.24. The highest BCUT2D eigenvalue weighted by Gasteiger charge is 2.53. The van der Waals surface area contributed by atoms with Crippen LogP contribution in [0.25, 0.3) is 0 Å². The zero-order chi connectivity index (χ0) is 14.4. The van der Waals surface area contributed by atoms with E-state index in [1.54, 1.807) is 13.3 Å². The number of piperidine rings is 1. The number of hydrogen-bond acceptors (Lipinski definition) is 5. The quantitative estimate of drug-likeness (QED) is 0.903. The standard InChI is InChI=1S/C16H21N3O2/c1-21-13-3-2-6-17-15(13)19-8-12-7-16(10-19,9-18-12)14(20)11-4-5-11/h2-3,6,11-12,18H,4-5,7-10H2,1H3. The first-order valence-electron chi connectivity index (χ1n) is 7.73. The van der Waals surface area contributed by atoms with Crippen molar-refractivity contribution < 1.29 is 9.53 Å². The smallest absolute Gasteiger partial charge is 0.171 e. The second-order valence-corrected chi connectivity index (χ2v) is 6.61. The molecule has 1 aromatic heterocycles. The fourth-order valence-electron chi connectivity index (χ4n) is 3.89. The van der Waals surface area contributed by atoms with Crippen LogP contribution in [0, 0.1) is 11.3 Å². The number of fused-ring (bicyclic) bond motifs is 2. The van der Waals surface area contributed by atoms with Crippen molar-refractivity contribution >= 4 is 11.6 Å². The van der Waals surface area contributed by atoms with Crippen LogP contribution in [0.1, 0.15) is 19.3 Å². The molecule has 2 atom stereocenters. The van der Waals surface area contributed by atoms with Gasteiger partial charge >= 0.3 is 0 Å². The van der Waals surface area contributed by atoms with Gasteiger partial charge in [-0.15, -0.1) is 0 Å². The van der Waals surface area contributed by atoms with Gasteiger partial charge in [-0.3, -0.25) is 4.79 Å². The van der Waals surface area contributed by atoms with Crippen LogP contribution in [0.4, 0.5) is 5.82 Å². The molecule has 5 nitrogen and oxygen atoms in total. The van der Waals surface area contributed by atoms with E-state index in [0.717, 1.165) is 50.5 Å². The Morgan fingerprint density at radius 3 is 3.14 bits per heavy atom. The lowest BCUT2D eigenvalue weighted by atomic mass is 9.76. The first-order chi connectivity index (χ1) is 10.2. The van der Waals surface area contributed by atoms with Crippen molar-refractivity contribution in [2.75, 3.05) is 31.6 Å². The van der Waals surface area contributed by atoms with Crippen LogP contribution in [-0.4, -0.2) is 43.6 Å². The van der Waals surface area contributed by atoms with E-state index in [1.165, 1.54) is 0 Å². The molecule has 112 valence electrons. The number of aromatic nitrogens is 1. The number of ketones is 1. The monoisotopic (exact) mass is 287 g/mol. The molecule has 4 rings (SSSR count). The molecule has 21 heavy (non-hydrogen) atoms. The topological polar surface area (TPSA) is 54.5 Å². The van der Waals surface area contributed by atoms with E-state index >= 15 is 0 Å². The molecule has 2 unspecified atom stereocenters. The zero-order valence-corrected chi connectivity index (χ0v) is 12.3. The van der Waals surface area contributed by atoms with Crippen molar-refractivity contribution in [3.05, 3.63) is 18.3 Å². The number of anilines is 1. The minimum atomic E-state index is -0.216. The van der Waals surface area contributed by atoms with E-state index in [2.05, 4.69) is 15.2 Å². The first-order valence-corrected chi connectivity index (χ1v) is 7.73. The Bertz CT molecular complexity index is 572. The highest BCUT2D eigenvalue weighted by molar-refractivity contribution is 5.90. The maximum Gasteiger partial charge on any atom is 0.171 e. The molecule has 0 radical (unpaired) electrons. The summed E-state index contributed by atoms with van der Waals surface area (Å²) in [5, 5.41) is 3.53. The second-order valence-electron chi connectivity index (χ2n) is 6.61. The Balaban J connectivity index is 1.64. The van der Waals surface area contributed by atoms with Crippen LogP contribution in [0.2, 0.25) is 0 Å². The van der Waals surface area contributed by atoms with Crippen molar-refractivity contribution in [1.82, 2.24) is 10.3 Å². The van der Waals surface area contributed by atoms with E-state index in [1.807, 2.05) is 12.1 Å². The lowest BCUT2D eigenvalue weighted by Gasteiger charge is -2.39. The Morgan fingerprint density at radius 1 is 1.52 bits per heavy atom. The summed E-state index contributed by atoms with van der Waals surface area (Å²) in [4.78, 5) is 19.5. The molecule has 2 saturated heterocycles. The summed E-state index contributed by atoms with van der Waals surface area (Å²) in [5.74, 6) is 2.43. The third-order valence-electron chi connectivity index (χ3n) is 5.04. The summed E-state index contributed by atoms with van der Waals surface area (Å²) in [6.45, 7) is 2.48. The summed E-state index contributed by atoms with van der Waals surface area (Å²) in [7, 11) is 1.67. The van der Waals surface area contributed by atoms with Crippen molar-refractivity contribution in [3.63, 3.8) is 0 Å². The lowest BCUT2D eigenvalue weighted by molar-refractivity contribution is -0.129. The zero-order valence-electron chi connectivity index (χ0n) is 12.3. The van der Waals surface area contributed by atoms with Gasteiger partial charge in [0.25, 0.3) is 0 Å². The van der Waals surface area contributed by atoms with Gasteiger partial charge in [0.2, 0.25) is 0 Å². The molecule has 5 heteroatoms. The number of nitrogens with one attached hydrogen (secondary N) is 1. The van der Waals surface area contributed by atoms with Crippen LogP contribution >= 0.6 is 0 Å². The van der Waals surface area contributed by atoms with Crippen LogP contribution in [0.3, 0.4) is 0 Å². The Morgan fingerprint density at radius 2 is 2.38 bits per heavy atom. The molecule has 0 spiro atoms. The van der Waals surface area contributed by atoms with Gasteiger partial charge in [-0.1, -0.05) is 0 Å². The molecule has 2 bridgehead atoms. The summed E-state index contributed by atoms with van der Waals surface area (Å²) in [6, 6.07) is 4.19. The number of methoxy groups -OCH3 is 1. The van der Waals surface area contributed by atoms with E-state index in [0.29, 0.717) is 17.7 Å². The van der Waals surface area contributed by atoms with Crippen molar-refractivity contribution in [1.29, 1.82) is 0 Å². The van der Waals surface area contributed by atoms with Gasteiger partial charge in [-0.2, -0.15) is 0 Å². The molecule has 3 fully saturated rings. The van der Waals surface area contributed by atoms with E-state index in [-0.39, 0.29) is 5.41 Å². The lowest BCUT2D eigenvalue weighted by Crippen LogP contribution is -2.50. The molecule has 3 aliphatic rings. The van der Waals surface area contributed by atoms with Crippen molar-refractivity contribution in [3.8, 4) is 5.75 Å². The number of nitrogens with zero attached hydrogens (tertiary/aromatic N) is 2. The van der Waals surface area contributed by atoms with Gasteiger partial charge in [0.15, 0.2) is 11.6 Å². The predicted molar refractivity (Wildman–Crippen MR) is 79.6 cm³/mol. The van der Waals surface area contributed by atoms with E-state index in [9.17, 15) is 4.79 Å². The minimum Gasteiger partial charge on any atom is -0.493 e. The molecule has 0 amide bonds. The van der Waals surface area contributed by atoms with Gasteiger partial charge in [-0.05, 0) is 31.4 Å². The Kier molecular flexibility index (Phi) is 2.92. The molecule has 0 aromatic carbocycles. The van der Waals surface area contributed by atoms with Crippen LogP contribution in [0.5, 0.6) is 5.75 Å². The van der Waals surface area contributed by atoms with Crippen LogP contribution in [0.15, 0.2) is 18.3 Å². The summed E-state index contributed by atoms with van der Waals surface area (Å²) in [6.07, 6.45) is 4.93. The SMILES string of the molecule is COc1cccnc1N1CC2CC(C(=O)C3CC3)(CN2)C1. The van der Waals surface area contributed by atoms with E-state index in [4.69, 9.17) is 4.74 Å². The third kappa shape index (κ3) is 2.11. The van der Waals surface area contributed by atoms with Crippen LogP contribution in [-0.2, 0) is 4.79 Å². The second kappa shape index (κ2) is 4.70. The highest BCUT2D eigenvalue weighted by Crippen LogP contribution is 2.45. The number of Topliss-reactive ketones (excluding diaryl/α,β-unsaturated/α-hetero) is 1. The average Bonchev–Trinajstić information content (AvgIpc) is 3.32. The number of carbonyl (C=O) groups is 1. The molecule has 1 saturated carbocycles. The molecule has 3 heterocycles. The highest BCUT2D eigenvalue weighted by atomic mass is 16.5. The molecular weight excluding hydrogens is 266 g/mol. The number of carbonyl (C=O) groups excluding carboxylic acids is 1. The maximum atomic E-state index is 12.8. The number of pyridine rings is 1. The summed E-state index contributed by atoms with van der Waals surface area (Å²) < 4.78 is 5.43. The number of hydrogen-bond donors (Lipinski definition) is 1. The largest absolute Gasteiger partial charge is 0.493 e. The van der Waals surface area contributed by atoms with Gasteiger partial charge in [0, 0.05) is 37.8 Å². The summed E-state index contributed by atoms with van der Waals surface area (Å²) >= 11 is 0. The van der Waals surface area contributed by atoms with Gasteiger partial charge in [0.1, 0.15) is 5.78 Å². The summed E-state index contributed by atoms with van der Waals surface area (Å²) in [5.41, 5.74) is -0.216. The third-order valence-corrected chi connectivity index (χ3v) is 5.04. The normalized spacial score (nSPS) is 31.3.